The van der Waals surface area contributed by atoms with Crippen molar-refractivity contribution >= 4 is 15.9 Å². The number of hydrogen-bond donors (Lipinski definition) is 1. The van der Waals surface area contributed by atoms with Gasteiger partial charge in [0.05, 0.1) is 12.5 Å². The first-order chi connectivity index (χ1) is 7.91. The van der Waals surface area contributed by atoms with E-state index in [1.54, 1.807) is 12.1 Å². The Hall–Kier alpha value is -1.34. The summed E-state index contributed by atoms with van der Waals surface area (Å²) in [6.45, 7) is 0.774. The van der Waals surface area contributed by atoms with Gasteiger partial charge in [0.25, 0.3) is 5.91 Å². The van der Waals surface area contributed by atoms with Crippen molar-refractivity contribution in [3.8, 4) is 0 Å². The van der Waals surface area contributed by atoms with Gasteiger partial charge in [-0.2, -0.15) is 0 Å². The monoisotopic (exact) mass is 260 g/mol. The van der Waals surface area contributed by atoms with Gasteiger partial charge in [0, 0.05) is 20.1 Å². The molecule has 6 nitrogen and oxygen atoms in total. The summed E-state index contributed by atoms with van der Waals surface area (Å²) in [6, 6.07) is 3.20. The van der Waals surface area contributed by atoms with E-state index in [9.17, 15) is 13.2 Å². The highest BCUT2D eigenvalue weighted by Gasteiger charge is 2.11. The molecule has 0 fully saturated rings. The second kappa shape index (κ2) is 5.83. The second-order valence-electron chi connectivity index (χ2n) is 3.67. The van der Waals surface area contributed by atoms with Gasteiger partial charge in [-0.3, -0.25) is 4.79 Å². The average Bonchev–Trinajstić information content (AvgIpc) is 2.75. The summed E-state index contributed by atoms with van der Waals surface area (Å²) in [6.07, 6.45) is 3.12. The number of carbonyl (C=O) groups is 1. The Labute approximate surface area is 101 Å². The van der Waals surface area contributed by atoms with Crippen LogP contribution >= 0.6 is 0 Å². The summed E-state index contributed by atoms with van der Waals surface area (Å²) in [5.41, 5.74) is 0. The molecule has 0 atom stereocenters. The zero-order valence-electron chi connectivity index (χ0n) is 9.84. The Balaban J connectivity index is 2.23. The van der Waals surface area contributed by atoms with E-state index in [0.717, 1.165) is 6.26 Å². The molecule has 0 unspecified atom stereocenters. The minimum absolute atomic E-state index is 0.251. The number of hydrogen-bond acceptors (Lipinski definition) is 4. The van der Waals surface area contributed by atoms with Crippen molar-refractivity contribution < 1.29 is 17.6 Å². The first-order valence-electron chi connectivity index (χ1n) is 5.14. The third-order valence-corrected chi connectivity index (χ3v) is 3.56. The lowest BCUT2D eigenvalue weighted by Crippen LogP contribution is -2.30. The summed E-state index contributed by atoms with van der Waals surface area (Å²) in [7, 11) is -1.64. The highest BCUT2D eigenvalue weighted by molar-refractivity contribution is 7.88. The molecule has 1 amide bonds. The fraction of sp³-hybridized carbons (Fsp3) is 0.500. The Bertz CT molecular complexity index is 453. The van der Waals surface area contributed by atoms with Gasteiger partial charge in [-0.25, -0.2) is 12.7 Å². The van der Waals surface area contributed by atoms with Crippen molar-refractivity contribution in [2.45, 2.75) is 6.42 Å². The molecule has 0 saturated carbocycles. The van der Waals surface area contributed by atoms with Crippen LogP contribution in [0.3, 0.4) is 0 Å². The largest absolute Gasteiger partial charge is 0.459 e. The lowest BCUT2D eigenvalue weighted by Gasteiger charge is -2.13. The van der Waals surface area contributed by atoms with Crippen molar-refractivity contribution in [1.82, 2.24) is 9.62 Å². The van der Waals surface area contributed by atoms with Gasteiger partial charge in [0.15, 0.2) is 5.76 Å². The molecule has 17 heavy (non-hydrogen) atoms. The highest BCUT2D eigenvalue weighted by atomic mass is 32.2. The summed E-state index contributed by atoms with van der Waals surface area (Å²) in [5.74, 6) is -0.0431. The van der Waals surface area contributed by atoms with Crippen LogP contribution in [-0.4, -0.2) is 45.0 Å². The molecular formula is C10H16N2O4S. The molecule has 0 saturated heterocycles. The smallest absolute Gasteiger partial charge is 0.286 e. The zero-order valence-corrected chi connectivity index (χ0v) is 10.7. The SMILES string of the molecule is CN(CCCNC(=O)c1ccco1)S(C)(=O)=O. The fourth-order valence-corrected chi connectivity index (χ4v) is 1.63. The number of furan rings is 1. The van der Waals surface area contributed by atoms with E-state index in [4.69, 9.17) is 4.42 Å². The molecule has 1 rings (SSSR count). The minimum atomic E-state index is -3.14. The molecule has 96 valence electrons. The number of nitrogens with zero attached hydrogens (tertiary/aromatic N) is 1. The maximum atomic E-state index is 11.4. The standard InChI is InChI=1S/C10H16N2O4S/c1-12(17(2,14)15)7-4-6-11-10(13)9-5-3-8-16-9/h3,5,8H,4,6-7H2,1-2H3,(H,11,13). The van der Waals surface area contributed by atoms with Gasteiger partial charge in [-0.05, 0) is 18.6 Å². The van der Waals surface area contributed by atoms with E-state index in [-0.39, 0.29) is 11.7 Å². The number of nitrogens with one attached hydrogen (secondary N) is 1. The van der Waals surface area contributed by atoms with E-state index < -0.39 is 10.0 Å². The summed E-state index contributed by atoms with van der Waals surface area (Å²) >= 11 is 0. The molecule has 0 bridgehead atoms. The second-order valence-corrected chi connectivity index (χ2v) is 5.76. The van der Waals surface area contributed by atoms with Crippen molar-refractivity contribution in [3.05, 3.63) is 24.2 Å². The van der Waals surface area contributed by atoms with E-state index in [0.29, 0.717) is 19.5 Å². The number of sulfonamides is 1. The Kier molecular flexibility index (Phi) is 4.71. The Morgan fingerprint density at radius 1 is 1.53 bits per heavy atom. The predicted octanol–water partition coefficient (Wildman–Crippen LogP) is 0.291. The van der Waals surface area contributed by atoms with Crippen molar-refractivity contribution in [3.63, 3.8) is 0 Å². The molecule has 1 aromatic heterocycles. The van der Waals surface area contributed by atoms with E-state index in [1.807, 2.05) is 0 Å². The van der Waals surface area contributed by atoms with Gasteiger partial charge in [-0.1, -0.05) is 0 Å². The van der Waals surface area contributed by atoms with Gasteiger partial charge in [0.1, 0.15) is 0 Å². The quantitative estimate of drug-likeness (QED) is 0.746. The summed E-state index contributed by atoms with van der Waals surface area (Å²) < 4.78 is 28.3. The molecule has 0 aliphatic heterocycles. The molecule has 0 radical (unpaired) electrons. The van der Waals surface area contributed by atoms with Gasteiger partial charge in [0.2, 0.25) is 10.0 Å². The van der Waals surface area contributed by atoms with Crippen LogP contribution in [0.1, 0.15) is 17.0 Å². The molecule has 1 heterocycles. The predicted molar refractivity (Wildman–Crippen MR) is 63.1 cm³/mol. The van der Waals surface area contributed by atoms with Crippen molar-refractivity contribution in [1.29, 1.82) is 0 Å². The molecule has 1 aromatic rings. The third-order valence-electron chi connectivity index (χ3n) is 2.25. The number of rotatable bonds is 6. The van der Waals surface area contributed by atoms with Crippen LogP contribution in [0.15, 0.2) is 22.8 Å². The third kappa shape index (κ3) is 4.58. The van der Waals surface area contributed by atoms with Crippen molar-refractivity contribution in [2.75, 3.05) is 26.4 Å². The number of carbonyl (C=O) groups excluding carboxylic acids is 1. The average molecular weight is 260 g/mol. The van der Waals surface area contributed by atoms with Crippen LogP contribution in [0.4, 0.5) is 0 Å². The van der Waals surface area contributed by atoms with Crippen LogP contribution in [0, 0.1) is 0 Å². The first-order valence-corrected chi connectivity index (χ1v) is 6.99. The fourth-order valence-electron chi connectivity index (χ4n) is 1.16. The van der Waals surface area contributed by atoms with E-state index in [2.05, 4.69) is 5.32 Å². The lowest BCUT2D eigenvalue weighted by atomic mass is 10.4. The minimum Gasteiger partial charge on any atom is -0.459 e. The van der Waals surface area contributed by atoms with E-state index >= 15 is 0 Å². The topological polar surface area (TPSA) is 79.6 Å². The van der Waals surface area contributed by atoms with Crippen molar-refractivity contribution in [2.24, 2.45) is 0 Å². The molecule has 0 spiro atoms. The van der Waals surface area contributed by atoms with Crippen LogP contribution < -0.4 is 5.32 Å². The van der Waals surface area contributed by atoms with Crippen LogP contribution in [0.25, 0.3) is 0 Å². The zero-order chi connectivity index (χ0) is 12.9. The molecule has 7 heteroatoms. The molecule has 1 N–H and O–H groups in total. The normalized spacial score (nSPS) is 11.7. The highest BCUT2D eigenvalue weighted by Crippen LogP contribution is 1.99. The first kappa shape index (κ1) is 13.7. The summed E-state index contributed by atoms with van der Waals surface area (Å²) in [5, 5.41) is 2.64. The maximum absolute atomic E-state index is 11.4. The van der Waals surface area contributed by atoms with Crippen LogP contribution in [-0.2, 0) is 10.0 Å². The van der Waals surface area contributed by atoms with Crippen LogP contribution in [0.2, 0.25) is 0 Å². The molecule has 0 aromatic carbocycles. The van der Waals surface area contributed by atoms with Gasteiger partial charge < -0.3 is 9.73 Å². The van der Waals surface area contributed by atoms with Gasteiger partial charge in [-0.15, -0.1) is 0 Å². The van der Waals surface area contributed by atoms with Crippen LogP contribution in [0.5, 0.6) is 0 Å². The molecular weight excluding hydrogens is 244 g/mol. The Morgan fingerprint density at radius 3 is 2.76 bits per heavy atom. The van der Waals surface area contributed by atoms with Gasteiger partial charge >= 0.3 is 0 Å². The molecule has 0 aliphatic rings. The summed E-state index contributed by atoms with van der Waals surface area (Å²) in [4.78, 5) is 11.4. The number of amides is 1. The molecule has 0 aliphatic carbocycles. The Morgan fingerprint density at radius 2 is 2.24 bits per heavy atom. The lowest BCUT2D eigenvalue weighted by molar-refractivity contribution is 0.0925. The van der Waals surface area contributed by atoms with E-state index in [1.165, 1.54) is 17.6 Å². The maximum Gasteiger partial charge on any atom is 0.286 e.